The summed E-state index contributed by atoms with van der Waals surface area (Å²) in [6, 6.07) is 6.89. The zero-order chi connectivity index (χ0) is 29.9. The fourth-order valence-electron chi connectivity index (χ4n) is 5.16. The topological polar surface area (TPSA) is 129 Å². The van der Waals surface area contributed by atoms with E-state index in [0.717, 1.165) is 25.9 Å². The Labute approximate surface area is 242 Å². The van der Waals surface area contributed by atoms with E-state index in [4.69, 9.17) is 4.74 Å². The highest BCUT2D eigenvalue weighted by Crippen LogP contribution is 2.36. The number of likely N-dealkylation sites (tertiary alicyclic amines) is 1. The lowest BCUT2D eigenvalue weighted by molar-refractivity contribution is -0.137. The van der Waals surface area contributed by atoms with Crippen LogP contribution < -0.4 is 10.1 Å². The maximum absolute atomic E-state index is 13.9. The number of alkyl halides is 3. The molecule has 224 valence electrons. The first kappa shape index (κ1) is 29.7. The van der Waals surface area contributed by atoms with Crippen molar-refractivity contribution in [3.63, 3.8) is 0 Å². The molecule has 2 fully saturated rings. The largest absolute Gasteiger partial charge is 0.492 e. The van der Waals surface area contributed by atoms with Crippen molar-refractivity contribution in [2.24, 2.45) is 0 Å². The lowest BCUT2D eigenvalue weighted by Crippen LogP contribution is -2.42. The van der Waals surface area contributed by atoms with Gasteiger partial charge in [-0.1, -0.05) is 0 Å². The van der Waals surface area contributed by atoms with Gasteiger partial charge in [-0.3, -0.25) is 4.90 Å². The molecule has 0 aliphatic carbocycles. The minimum absolute atomic E-state index is 0.0153. The molecular formula is C27H31F3N8O3S. The number of rotatable bonds is 9. The van der Waals surface area contributed by atoms with Crippen molar-refractivity contribution in [3.05, 3.63) is 48.0 Å². The predicted octanol–water partition coefficient (Wildman–Crippen LogP) is 3.53. The molecule has 0 spiro atoms. The van der Waals surface area contributed by atoms with Gasteiger partial charge >= 0.3 is 6.18 Å². The minimum Gasteiger partial charge on any atom is -0.492 e. The number of piperidine rings is 1. The summed E-state index contributed by atoms with van der Waals surface area (Å²) in [6.07, 6.45) is 3.12. The van der Waals surface area contributed by atoms with Crippen LogP contribution in [0.5, 0.6) is 5.75 Å². The van der Waals surface area contributed by atoms with Crippen molar-refractivity contribution in [2.75, 3.05) is 50.9 Å². The molecule has 2 aromatic heterocycles. The molecule has 0 unspecified atom stereocenters. The SMILES string of the molecule is CS(=O)(=O)N1CCC(Nc2ncc(C(F)(F)F)c(-c3cn(-c4ccc(OCCN5CCCC5)cc4C#N)cn3)n2)CC1. The van der Waals surface area contributed by atoms with Gasteiger partial charge in [0.05, 0.1) is 17.5 Å². The number of nitrogens with zero attached hydrogens (tertiary/aromatic N) is 7. The average Bonchev–Trinajstić information content (AvgIpc) is 3.65. The Morgan fingerprint density at radius 1 is 1.14 bits per heavy atom. The fourth-order valence-corrected chi connectivity index (χ4v) is 6.04. The molecule has 4 heterocycles. The highest BCUT2D eigenvalue weighted by Gasteiger charge is 2.36. The number of hydrogen-bond donors (Lipinski definition) is 1. The van der Waals surface area contributed by atoms with Gasteiger partial charge in [-0.25, -0.2) is 27.7 Å². The van der Waals surface area contributed by atoms with E-state index in [1.807, 2.05) is 0 Å². The molecule has 11 nitrogen and oxygen atoms in total. The molecule has 0 atom stereocenters. The third-order valence-electron chi connectivity index (χ3n) is 7.42. The molecule has 1 N–H and O–H groups in total. The Kier molecular flexibility index (Phi) is 8.67. The smallest absolute Gasteiger partial charge is 0.420 e. The number of nitrogens with one attached hydrogen (secondary N) is 1. The summed E-state index contributed by atoms with van der Waals surface area (Å²) in [5.74, 6) is 0.515. The van der Waals surface area contributed by atoms with Crippen LogP contribution in [0.15, 0.2) is 36.9 Å². The number of halogens is 3. The third kappa shape index (κ3) is 7.00. The maximum atomic E-state index is 13.9. The second kappa shape index (κ2) is 12.2. The number of hydrogen-bond acceptors (Lipinski definition) is 9. The van der Waals surface area contributed by atoms with Crippen molar-refractivity contribution in [2.45, 2.75) is 37.9 Å². The number of imidazole rings is 1. The summed E-state index contributed by atoms with van der Waals surface area (Å²) in [4.78, 5) is 14.5. The number of benzene rings is 1. The van der Waals surface area contributed by atoms with E-state index in [-0.39, 0.29) is 36.3 Å². The molecule has 2 aliphatic heterocycles. The Hall–Kier alpha value is -3.74. The zero-order valence-corrected chi connectivity index (χ0v) is 23.8. The quantitative estimate of drug-likeness (QED) is 0.390. The van der Waals surface area contributed by atoms with Gasteiger partial charge in [0.2, 0.25) is 16.0 Å². The molecule has 42 heavy (non-hydrogen) atoms. The fraction of sp³-hybridized carbons (Fsp3) is 0.481. The van der Waals surface area contributed by atoms with Gasteiger partial charge in [-0.2, -0.15) is 18.4 Å². The van der Waals surface area contributed by atoms with Crippen LogP contribution in [0.4, 0.5) is 19.1 Å². The van der Waals surface area contributed by atoms with Crippen molar-refractivity contribution < 1.29 is 26.3 Å². The third-order valence-corrected chi connectivity index (χ3v) is 8.72. The molecular weight excluding hydrogens is 573 g/mol. The molecule has 3 aromatic rings. The predicted molar refractivity (Wildman–Crippen MR) is 149 cm³/mol. The Morgan fingerprint density at radius 2 is 1.88 bits per heavy atom. The first-order valence-corrected chi connectivity index (χ1v) is 15.5. The monoisotopic (exact) mass is 604 g/mol. The summed E-state index contributed by atoms with van der Waals surface area (Å²) >= 11 is 0. The molecule has 2 saturated heterocycles. The van der Waals surface area contributed by atoms with Crippen molar-refractivity contribution in [1.29, 1.82) is 5.26 Å². The van der Waals surface area contributed by atoms with Gasteiger partial charge < -0.3 is 14.6 Å². The van der Waals surface area contributed by atoms with Crippen LogP contribution in [-0.4, -0.2) is 88.8 Å². The molecule has 5 rings (SSSR count). The maximum Gasteiger partial charge on any atom is 0.420 e. The van der Waals surface area contributed by atoms with Gasteiger partial charge in [0.15, 0.2) is 0 Å². The van der Waals surface area contributed by atoms with Crippen LogP contribution >= 0.6 is 0 Å². The van der Waals surface area contributed by atoms with E-state index in [9.17, 15) is 26.9 Å². The molecule has 1 aromatic carbocycles. The van der Waals surface area contributed by atoms with Crippen molar-refractivity contribution in [3.8, 4) is 28.9 Å². The molecule has 0 saturated carbocycles. The highest BCUT2D eigenvalue weighted by molar-refractivity contribution is 7.88. The normalized spacial score (nSPS) is 17.3. The molecule has 0 bridgehead atoms. The summed E-state index contributed by atoms with van der Waals surface area (Å²) < 4.78 is 73.9. The summed E-state index contributed by atoms with van der Waals surface area (Å²) in [5, 5.41) is 12.8. The van der Waals surface area contributed by atoms with E-state index in [1.165, 1.54) is 34.2 Å². The highest BCUT2D eigenvalue weighted by atomic mass is 32.2. The summed E-state index contributed by atoms with van der Waals surface area (Å²) in [7, 11) is -3.31. The number of ether oxygens (including phenoxy) is 1. The Morgan fingerprint density at radius 3 is 2.55 bits per heavy atom. The Balaban J connectivity index is 1.34. The van der Waals surface area contributed by atoms with E-state index >= 15 is 0 Å². The van der Waals surface area contributed by atoms with Crippen LogP contribution in [-0.2, 0) is 16.2 Å². The van der Waals surface area contributed by atoms with Crippen LogP contribution in [0, 0.1) is 11.3 Å². The standard InChI is InChI=1S/C27H31F3N8O3S/c1-42(39,40)38-10-6-20(7-11-38)34-26-32-16-22(27(28,29)30)25(35-26)23-17-37(18-33-23)24-5-4-21(14-19(24)15-31)41-13-12-36-8-2-3-9-36/h4-5,14,16-18,20H,2-3,6-13H2,1H3,(H,32,34,35). The number of sulfonamides is 1. The molecule has 0 radical (unpaired) electrons. The van der Waals surface area contributed by atoms with Gasteiger partial charge in [0.25, 0.3) is 0 Å². The van der Waals surface area contributed by atoms with E-state index in [1.54, 1.807) is 18.2 Å². The molecule has 15 heteroatoms. The van der Waals surface area contributed by atoms with Crippen LogP contribution in [0.2, 0.25) is 0 Å². The lowest BCUT2D eigenvalue weighted by Gasteiger charge is -2.30. The van der Waals surface area contributed by atoms with Gasteiger partial charge in [0.1, 0.15) is 41.7 Å². The second-order valence-corrected chi connectivity index (χ2v) is 12.4. The van der Waals surface area contributed by atoms with E-state index < -0.39 is 27.5 Å². The van der Waals surface area contributed by atoms with Gasteiger partial charge in [0, 0.05) is 44.1 Å². The first-order valence-electron chi connectivity index (χ1n) is 13.6. The van der Waals surface area contributed by atoms with Crippen LogP contribution in [0.1, 0.15) is 36.8 Å². The zero-order valence-electron chi connectivity index (χ0n) is 23.0. The van der Waals surface area contributed by atoms with Crippen LogP contribution in [0.3, 0.4) is 0 Å². The summed E-state index contributed by atoms with van der Waals surface area (Å²) in [5.41, 5.74) is -0.796. The molecule has 0 amide bonds. The average molecular weight is 605 g/mol. The lowest BCUT2D eigenvalue weighted by atomic mass is 10.1. The number of anilines is 1. The van der Waals surface area contributed by atoms with Crippen molar-refractivity contribution in [1.82, 2.24) is 28.7 Å². The number of aromatic nitrogens is 4. The Bertz CT molecular complexity index is 1560. The van der Waals surface area contributed by atoms with Gasteiger partial charge in [-0.15, -0.1) is 0 Å². The number of nitriles is 1. The van der Waals surface area contributed by atoms with Gasteiger partial charge in [-0.05, 0) is 50.9 Å². The van der Waals surface area contributed by atoms with Crippen LogP contribution in [0.25, 0.3) is 17.1 Å². The first-order chi connectivity index (χ1) is 20.0. The molecule has 2 aliphatic rings. The second-order valence-electron chi connectivity index (χ2n) is 10.4. The van der Waals surface area contributed by atoms with E-state index in [2.05, 4.69) is 31.2 Å². The van der Waals surface area contributed by atoms with Crippen molar-refractivity contribution >= 4 is 16.0 Å². The summed E-state index contributed by atoms with van der Waals surface area (Å²) in [6.45, 7) is 3.97. The van der Waals surface area contributed by atoms with E-state index in [0.29, 0.717) is 37.1 Å². The minimum atomic E-state index is -4.73.